The van der Waals surface area contributed by atoms with E-state index in [4.69, 9.17) is 5.73 Å². The first-order valence-electron chi connectivity index (χ1n) is 7.99. The van der Waals surface area contributed by atoms with Gasteiger partial charge in [-0.15, -0.1) is 0 Å². The van der Waals surface area contributed by atoms with E-state index in [2.05, 4.69) is 38.2 Å². The summed E-state index contributed by atoms with van der Waals surface area (Å²) in [6, 6.07) is 10.4. The molecule has 1 aliphatic carbocycles. The molecule has 1 saturated carbocycles. The van der Waals surface area contributed by atoms with Gasteiger partial charge in [0.15, 0.2) is 0 Å². The van der Waals surface area contributed by atoms with Crippen LogP contribution in [0, 0.1) is 5.41 Å². The monoisotopic (exact) mass is 288 g/mol. The number of rotatable bonds is 5. The summed E-state index contributed by atoms with van der Waals surface area (Å²) in [7, 11) is 0. The fourth-order valence-corrected chi connectivity index (χ4v) is 3.22. The maximum absolute atomic E-state index is 12.7. The van der Waals surface area contributed by atoms with E-state index >= 15 is 0 Å². The predicted molar refractivity (Wildman–Crippen MR) is 87.0 cm³/mol. The van der Waals surface area contributed by atoms with Crippen LogP contribution >= 0.6 is 0 Å². The standard InChI is InChI=1S/C18H28N2O/c1-14(17(2,3)15-9-5-4-6-10-15)20-16(21)18(13-19)11-7-8-12-18/h4-6,9-10,14H,7-8,11-13,19H2,1-3H3,(H,20,21). The van der Waals surface area contributed by atoms with Gasteiger partial charge in [0.1, 0.15) is 0 Å². The molecule has 0 aliphatic heterocycles. The van der Waals surface area contributed by atoms with Crippen molar-refractivity contribution in [3.63, 3.8) is 0 Å². The number of hydrogen-bond donors (Lipinski definition) is 2. The number of amides is 1. The molecule has 3 heteroatoms. The predicted octanol–water partition coefficient (Wildman–Crippen LogP) is 2.99. The van der Waals surface area contributed by atoms with Crippen molar-refractivity contribution in [3.8, 4) is 0 Å². The minimum absolute atomic E-state index is 0.0661. The lowest BCUT2D eigenvalue weighted by molar-refractivity contribution is -0.131. The summed E-state index contributed by atoms with van der Waals surface area (Å²) >= 11 is 0. The average Bonchev–Trinajstić information content (AvgIpc) is 2.98. The molecule has 1 fully saturated rings. The topological polar surface area (TPSA) is 55.1 Å². The van der Waals surface area contributed by atoms with Gasteiger partial charge in [0.05, 0.1) is 5.41 Å². The first-order chi connectivity index (χ1) is 9.92. The van der Waals surface area contributed by atoms with Gasteiger partial charge in [0.2, 0.25) is 5.91 Å². The van der Waals surface area contributed by atoms with Crippen LogP contribution in [0.4, 0.5) is 0 Å². The van der Waals surface area contributed by atoms with Crippen molar-refractivity contribution < 1.29 is 4.79 Å². The lowest BCUT2D eigenvalue weighted by Gasteiger charge is -2.36. The molecule has 0 spiro atoms. The Morgan fingerprint density at radius 1 is 1.29 bits per heavy atom. The van der Waals surface area contributed by atoms with Gasteiger partial charge in [0, 0.05) is 18.0 Å². The molecular formula is C18H28N2O. The molecule has 1 unspecified atom stereocenters. The first-order valence-corrected chi connectivity index (χ1v) is 7.99. The van der Waals surface area contributed by atoms with Crippen LogP contribution in [0.3, 0.4) is 0 Å². The van der Waals surface area contributed by atoms with Gasteiger partial charge in [0.25, 0.3) is 0 Å². The molecule has 0 heterocycles. The quantitative estimate of drug-likeness (QED) is 0.875. The van der Waals surface area contributed by atoms with E-state index in [1.165, 1.54) is 5.56 Å². The largest absolute Gasteiger partial charge is 0.352 e. The summed E-state index contributed by atoms with van der Waals surface area (Å²) < 4.78 is 0. The molecule has 1 amide bonds. The Labute approximate surface area is 128 Å². The maximum Gasteiger partial charge on any atom is 0.227 e. The Morgan fingerprint density at radius 2 is 1.86 bits per heavy atom. The van der Waals surface area contributed by atoms with Crippen LogP contribution in [0.5, 0.6) is 0 Å². The average molecular weight is 288 g/mol. The molecule has 0 aromatic heterocycles. The van der Waals surface area contributed by atoms with Crippen LogP contribution in [-0.2, 0) is 10.2 Å². The number of carbonyl (C=O) groups is 1. The Morgan fingerprint density at radius 3 is 2.38 bits per heavy atom. The van der Waals surface area contributed by atoms with E-state index in [-0.39, 0.29) is 22.8 Å². The minimum Gasteiger partial charge on any atom is -0.352 e. The smallest absolute Gasteiger partial charge is 0.227 e. The van der Waals surface area contributed by atoms with E-state index in [0.29, 0.717) is 6.54 Å². The molecule has 0 radical (unpaired) electrons. The van der Waals surface area contributed by atoms with Gasteiger partial charge >= 0.3 is 0 Å². The van der Waals surface area contributed by atoms with E-state index in [0.717, 1.165) is 25.7 Å². The third kappa shape index (κ3) is 3.13. The van der Waals surface area contributed by atoms with Crippen molar-refractivity contribution in [2.24, 2.45) is 11.1 Å². The molecule has 1 aliphatic rings. The number of hydrogen-bond acceptors (Lipinski definition) is 2. The molecular weight excluding hydrogens is 260 g/mol. The highest BCUT2D eigenvalue weighted by atomic mass is 16.2. The van der Waals surface area contributed by atoms with Crippen LogP contribution in [0.1, 0.15) is 52.0 Å². The summed E-state index contributed by atoms with van der Waals surface area (Å²) in [5.74, 6) is 0.138. The summed E-state index contributed by atoms with van der Waals surface area (Å²) in [5, 5.41) is 3.23. The normalized spacial score (nSPS) is 19.2. The van der Waals surface area contributed by atoms with Crippen LogP contribution in [0.25, 0.3) is 0 Å². The molecule has 3 N–H and O–H groups in total. The summed E-state index contributed by atoms with van der Waals surface area (Å²) in [6.45, 7) is 6.90. The van der Waals surface area contributed by atoms with Gasteiger partial charge in [-0.3, -0.25) is 4.79 Å². The lowest BCUT2D eigenvalue weighted by Crippen LogP contribution is -2.52. The highest BCUT2D eigenvalue weighted by Crippen LogP contribution is 2.38. The van der Waals surface area contributed by atoms with E-state index in [1.54, 1.807) is 0 Å². The highest BCUT2D eigenvalue weighted by Gasteiger charge is 2.41. The second kappa shape index (κ2) is 6.18. The molecule has 0 saturated heterocycles. The van der Waals surface area contributed by atoms with Gasteiger partial charge in [-0.2, -0.15) is 0 Å². The zero-order chi connectivity index (χ0) is 15.5. The highest BCUT2D eigenvalue weighted by molar-refractivity contribution is 5.83. The lowest BCUT2D eigenvalue weighted by atomic mass is 9.77. The van der Waals surface area contributed by atoms with Crippen molar-refractivity contribution in [3.05, 3.63) is 35.9 Å². The number of nitrogens with one attached hydrogen (secondary N) is 1. The minimum atomic E-state index is -0.332. The first kappa shape index (κ1) is 16.0. The number of carbonyl (C=O) groups excluding carboxylic acids is 1. The number of benzene rings is 1. The summed E-state index contributed by atoms with van der Waals surface area (Å²) in [6.07, 6.45) is 4.07. The number of nitrogens with two attached hydrogens (primary N) is 1. The molecule has 116 valence electrons. The van der Waals surface area contributed by atoms with Gasteiger partial charge in [-0.1, -0.05) is 57.0 Å². The van der Waals surface area contributed by atoms with Crippen LogP contribution in [0.15, 0.2) is 30.3 Å². The third-order valence-electron chi connectivity index (χ3n) is 5.38. The Kier molecular flexibility index (Phi) is 4.72. The molecule has 0 bridgehead atoms. The van der Waals surface area contributed by atoms with Gasteiger partial charge in [-0.25, -0.2) is 0 Å². The summed E-state index contributed by atoms with van der Waals surface area (Å²) in [4.78, 5) is 12.7. The molecule has 1 atom stereocenters. The molecule has 21 heavy (non-hydrogen) atoms. The maximum atomic E-state index is 12.7. The van der Waals surface area contributed by atoms with Crippen molar-refractivity contribution in [1.82, 2.24) is 5.32 Å². The fraction of sp³-hybridized carbons (Fsp3) is 0.611. The Hall–Kier alpha value is -1.35. The molecule has 1 aromatic rings. The molecule has 3 nitrogen and oxygen atoms in total. The van der Waals surface area contributed by atoms with Crippen molar-refractivity contribution in [2.75, 3.05) is 6.54 Å². The van der Waals surface area contributed by atoms with Crippen molar-refractivity contribution in [1.29, 1.82) is 0 Å². The fourth-order valence-electron chi connectivity index (χ4n) is 3.22. The Balaban J connectivity index is 2.10. The van der Waals surface area contributed by atoms with E-state index < -0.39 is 0 Å². The zero-order valence-electron chi connectivity index (χ0n) is 13.5. The second-order valence-electron chi connectivity index (χ2n) is 6.97. The Bertz CT molecular complexity index is 475. The third-order valence-corrected chi connectivity index (χ3v) is 5.38. The van der Waals surface area contributed by atoms with Gasteiger partial charge < -0.3 is 11.1 Å². The second-order valence-corrected chi connectivity index (χ2v) is 6.97. The van der Waals surface area contributed by atoms with Crippen LogP contribution < -0.4 is 11.1 Å². The summed E-state index contributed by atoms with van der Waals surface area (Å²) in [5.41, 5.74) is 6.71. The van der Waals surface area contributed by atoms with Gasteiger partial charge in [-0.05, 0) is 25.3 Å². The van der Waals surface area contributed by atoms with Crippen LogP contribution in [0.2, 0.25) is 0 Å². The SMILES string of the molecule is CC(NC(=O)C1(CN)CCCC1)C(C)(C)c1ccccc1. The van der Waals surface area contributed by atoms with Crippen molar-refractivity contribution in [2.45, 2.75) is 57.9 Å². The molecule has 1 aromatic carbocycles. The molecule has 2 rings (SSSR count). The van der Waals surface area contributed by atoms with E-state index in [9.17, 15) is 4.79 Å². The van der Waals surface area contributed by atoms with E-state index in [1.807, 2.05) is 18.2 Å². The van der Waals surface area contributed by atoms with Crippen molar-refractivity contribution >= 4 is 5.91 Å². The zero-order valence-corrected chi connectivity index (χ0v) is 13.5. The van der Waals surface area contributed by atoms with Crippen LogP contribution in [-0.4, -0.2) is 18.5 Å².